The molecule has 0 bridgehead atoms. The molecule has 46 valence electrons. The summed E-state index contributed by atoms with van der Waals surface area (Å²) in [7, 11) is 0. The first-order valence-electron chi connectivity index (χ1n) is 2.51. The molecule has 0 aliphatic heterocycles. The van der Waals surface area contributed by atoms with E-state index >= 15 is 0 Å². The first kappa shape index (κ1) is 7.66. The van der Waals surface area contributed by atoms with E-state index in [0.29, 0.717) is 21.2 Å². The van der Waals surface area contributed by atoms with Gasteiger partial charge in [-0.25, -0.2) is 0 Å². The van der Waals surface area contributed by atoms with Gasteiger partial charge in [0.25, 0.3) is 0 Å². The molecule has 0 unspecified atom stereocenters. The third-order valence-corrected chi connectivity index (χ3v) is 3.19. The number of hydrogen-bond acceptors (Lipinski definition) is 0. The molecule has 0 aliphatic rings. The van der Waals surface area contributed by atoms with Crippen LogP contribution in [0.15, 0.2) is 0 Å². The van der Waals surface area contributed by atoms with E-state index in [9.17, 15) is 4.39 Å². The predicted molar refractivity (Wildman–Crippen MR) is 26.0 cm³/mol. The summed E-state index contributed by atoms with van der Waals surface area (Å²) in [4.78, 5) is 0. The molecule has 0 nitrogen and oxygen atoms in total. The molecule has 0 radical (unpaired) electrons. The molecule has 0 aromatic carbocycles. The van der Waals surface area contributed by atoms with Crippen molar-refractivity contribution in [2.24, 2.45) is 0 Å². The van der Waals surface area contributed by atoms with Crippen LogP contribution in [0.4, 0.5) is 4.39 Å². The molecular formula is C5H11FI-. The molecule has 7 heavy (non-hydrogen) atoms. The molecule has 0 saturated heterocycles. The normalized spacial score (nSPS) is 10.0. The van der Waals surface area contributed by atoms with Crippen LogP contribution in [-0.4, -0.2) is 15.5 Å². The number of alkyl halides is 3. The Labute approximate surface area is 54.8 Å². The maximum atomic E-state index is 11.3. The van der Waals surface area contributed by atoms with Crippen LogP contribution < -0.4 is 21.2 Å². The van der Waals surface area contributed by atoms with Gasteiger partial charge in [-0.3, -0.25) is 0 Å². The van der Waals surface area contributed by atoms with Crippen LogP contribution in [0, 0.1) is 0 Å². The topological polar surface area (TPSA) is 0 Å². The van der Waals surface area contributed by atoms with Gasteiger partial charge in [0.15, 0.2) is 0 Å². The van der Waals surface area contributed by atoms with Crippen molar-refractivity contribution >= 4 is 0 Å². The molecule has 0 spiro atoms. The van der Waals surface area contributed by atoms with Crippen LogP contribution in [-0.2, 0) is 0 Å². The van der Waals surface area contributed by atoms with Crippen molar-refractivity contribution in [2.75, 3.05) is 15.5 Å². The zero-order chi connectivity index (χ0) is 5.54. The summed E-state index contributed by atoms with van der Waals surface area (Å²) in [6.45, 7) is 2.06. The second-order valence-corrected chi connectivity index (χ2v) is 4.87. The van der Waals surface area contributed by atoms with Crippen molar-refractivity contribution in [1.82, 2.24) is 0 Å². The minimum atomic E-state index is -0.111. The monoisotopic (exact) mass is 217 g/mol. The van der Waals surface area contributed by atoms with Crippen molar-refractivity contribution in [1.29, 1.82) is 0 Å². The Morgan fingerprint density at radius 3 is 2.71 bits per heavy atom. The SMILES string of the molecule is CC[I-]CCCF. The van der Waals surface area contributed by atoms with Crippen LogP contribution in [0.1, 0.15) is 13.3 Å². The van der Waals surface area contributed by atoms with Gasteiger partial charge in [-0.1, -0.05) is 0 Å². The van der Waals surface area contributed by atoms with Gasteiger partial charge in [0.1, 0.15) is 0 Å². The summed E-state index contributed by atoms with van der Waals surface area (Å²) >= 11 is 0.382. The van der Waals surface area contributed by atoms with Crippen LogP contribution in [0.25, 0.3) is 0 Å². The van der Waals surface area contributed by atoms with E-state index in [2.05, 4.69) is 6.92 Å². The second kappa shape index (κ2) is 6.66. The molecule has 2 heteroatoms. The average Bonchev–Trinajstić information content (AvgIpc) is 1.69. The summed E-state index contributed by atoms with van der Waals surface area (Å²) in [6, 6.07) is 0. The molecule has 0 saturated carbocycles. The van der Waals surface area contributed by atoms with Gasteiger partial charge in [0.05, 0.1) is 0 Å². The van der Waals surface area contributed by atoms with Crippen LogP contribution >= 0.6 is 0 Å². The van der Waals surface area contributed by atoms with Gasteiger partial charge in [0, 0.05) is 0 Å². The van der Waals surface area contributed by atoms with Gasteiger partial charge < -0.3 is 0 Å². The third kappa shape index (κ3) is 6.66. The molecule has 0 heterocycles. The van der Waals surface area contributed by atoms with Crippen molar-refractivity contribution in [3.63, 3.8) is 0 Å². The van der Waals surface area contributed by atoms with E-state index in [4.69, 9.17) is 0 Å². The van der Waals surface area contributed by atoms with Crippen LogP contribution in [0.3, 0.4) is 0 Å². The standard InChI is InChI=1S/C5H11FI/c1-2-7-5-3-4-6/h2-5H2,1H3/q-1. The van der Waals surface area contributed by atoms with Crippen LogP contribution in [0.2, 0.25) is 0 Å². The van der Waals surface area contributed by atoms with Crippen molar-refractivity contribution in [3.05, 3.63) is 0 Å². The summed E-state index contributed by atoms with van der Waals surface area (Å²) in [6.07, 6.45) is 0.807. The third-order valence-electron chi connectivity index (χ3n) is 0.590. The Balaban J connectivity index is 2.45. The van der Waals surface area contributed by atoms with Gasteiger partial charge in [-0.2, -0.15) is 0 Å². The molecule has 0 rings (SSSR count). The first-order chi connectivity index (χ1) is 3.41. The van der Waals surface area contributed by atoms with E-state index in [1.807, 2.05) is 0 Å². The van der Waals surface area contributed by atoms with Crippen molar-refractivity contribution < 1.29 is 25.6 Å². The van der Waals surface area contributed by atoms with E-state index < -0.39 is 0 Å². The summed E-state index contributed by atoms with van der Waals surface area (Å²) < 4.78 is 13.8. The zero-order valence-electron chi connectivity index (χ0n) is 4.58. The molecule has 0 aromatic rings. The van der Waals surface area contributed by atoms with Gasteiger partial charge in [-0.15, -0.1) is 0 Å². The molecule has 0 aliphatic carbocycles. The van der Waals surface area contributed by atoms with E-state index in [0.717, 1.165) is 6.42 Å². The fourth-order valence-electron chi connectivity index (χ4n) is 0.279. The number of rotatable bonds is 4. The average molecular weight is 217 g/mol. The fraction of sp³-hybridized carbons (Fsp3) is 1.00. The molecule has 0 atom stereocenters. The Bertz CT molecular complexity index is 27.3. The number of halogens is 2. The van der Waals surface area contributed by atoms with E-state index in [1.165, 1.54) is 8.86 Å². The molecule has 0 fully saturated rings. The molecule has 0 N–H and O–H groups in total. The molecule has 0 amide bonds. The van der Waals surface area contributed by atoms with Crippen molar-refractivity contribution in [3.8, 4) is 0 Å². The molecule has 0 aromatic heterocycles. The Morgan fingerprint density at radius 1 is 1.57 bits per heavy atom. The Morgan fingerprint density at radius 2 is 2.29 bits per heavy atom. The van der Waals surface area contributed by atoms with Gasteiger partial charge in [0.2, 0.25) is 0 Å². The summed E-state index contributed by atoms with van der Waals surface area (Å²) in [5.41, 5.74) is 0. The minimum absolute atomic E-state index is 0.111. The number of hydrogen-bond donors (Lipinski definition) is 0. The fourth-order valence-corrected chi connectivity index (χ4v) is 1.87. The zero-order valence-corrected chi connectivity index (χ0v) is 6.74. The second-order valence-electron chi connectivity index (χ2n) is 1.19. The van der Waals surface area contributed by atoms with E-state index in [-0.39, 0.29) is 6.67 Å². The van der Waals surface area contributed by atoms with Crippen LogP contribution in [0.5, 0.6) is 0 Å². The summed E-state index contributed by atoms with van der Waals surface area (Å²) in [5.74, 6) is 0. The predicted octanol–water partition coefficient (Wildman–Crippen LogP) is -1.55. The van der Waals surface area contributed by atoms with Gasteiger partial charge >= 0.3 is 54.5 Å². The Hall–Kier alpha value is 0.660. The van der Waals surface area contributed by atoms with Gasteiger partial charge in [-0.05, 0) is 0 Å². The Kier molecular flexibility index (Phi) is 7.29. The summed E-state index contributed by atoms with van der Waals surface area (Å²) in [5, 5.41) is 0. The molecular weight excluding hydrogens is 206 g/mol. The maximum absolute atomic E-state index is 11.3. The van der Waals surface area contributed by atoms with Crippen molar-refractivity contribution in [2.45, 2.75) is 13.3 Å². The first-order valence-corrected chi connectivity index (χ1v) is 5.56. The quantitative estimate of drug-likeness (QED) is 0.304. The van der Waals surface area contributed by atoms with E-state index in [1.54, 1.807) is 0 Å².